The predicted molar refractivity (Wildman–Crippen MR) is 128 cm³/mol. The molecule has 0 aliphatic heterocycles. The zero-order chi connectivity index (χ0) is 24.2. The summed E-state index contributed by atoms with van der Waals surface area (Å²) in [6, 6.07) is 11.7. The van der Waals surface area contributed by atoms with E-state index in [2.05, 4.69) is 20.7 Å². The van der Waals surface area contributed by atoms with E-state index in [-0.39, 0.29) is 40.8 Å². The van der Waals surface area contributed by atoms with Crippen molar-refractivity contribution in [3.05, 3.63) is 83.8 Å². The Morgan fingerprint density at radius 1 is 1.15 bits per heavy atom. The van der Waals surface area contributed by atoms with Gasteiger partial charge in [-0.05, 0) is 59.6 Å². The number of fused-ring (bicyclic) bond motifs is 1. The summed E-state index contributed by atoms with van der Waals surface area (Å²) >= 11 is 5.14. The molecule has 0 aliphatic rings. The van der Waals surface area contributed by atoms with Crippen LogP contribution in [0.25, 0.3) is 5.52 Å². The number of amides is 1. The summed E-state index contributed by atoms with van der Waals surface area (Å²) in [5, 5.41) is 9.45. The maximum Gasteiger partial charge on any atom is 0.247 e. The van der Waals surface area contributed by atoms with E-state index in [1.807, 2.05) is 19.9 Å². The first-order valence-electron chi connectivity index (χ1n) is 10.4. The lowest BCUT2D eigenvalue weighted by Crippen LogP contribution is -2.35. The van der Waals surface area contributed by atoms with Crippen molar-refractivity contribution in [2.24, 2.45) is 0 Å². The maximum absolute atomic E-state index is 14.8. The summed E-state index contributed by atoms with van der Waals surface area (Å²) in [7, 11) is 0. The molecule has 0 saturated carbocycles. The van der Waals surface area contributed by atoms with Crippen LogP contribution in [-0.4, -0.2) is 25.6 Å². The first kappa shape index (κ1) is 23.2. The van der Waals surface area contributed by atoms with Gasteiger partial charge in [0, 0.05) is 18.0 Å². The molecule has 0 bridgehead atoms. The third-order valence-electron chi connectivity index (χ3n) is 5.00. The Bertz CT molecular complexity index is 1360. The Morgan fingerprint density at radius 2 is 1.91 bits per heavy atom. The van der Waals surface area contributed by atoms with Crippen LogP contribution in [0.15, 0.2) is 61.1 Å². The Balaban J connectivity index is 1.42. The number of ether oxygens (including phenoxy) is 1. The van der Waals surface area contributed by atoms with E-state index in [9.17, 15) is 13.6 Å². The minimum atomic E-state index is -0.639. The summed E-state index contributed by atoms with van der Waals surface area (Å²) in [6.07, 6.45) is 3.16. The molecule has 2 aromatic heterocycles. The average Bonchev–Trinajstić information content (AvgIpc) is 3.22. The van der Waals surface area contributed by atoms with E-state index in [4.69, 9.17) is 17.0 Å². The van der Waals surface area contributed by atoms with Crippen molar-refractivity contribution >= 4 is 34.4 Å². The van der Waals surface area contributed by atoms with Crippen molar-refractivity contribution < 1.29 is 18.3 Å². The third kappa shape index (κ3) is 5.34. The van der Waals surface area contributed by atoms with E-state index >= 15 is 0 Å². The van der Waals surface area contributed by atoms with Crippen LogP contribution in [0.2, 0.25) is 0 Å². The second kappa shape index (κ2) is 9.92. The Morgan fingerprint density at radius 3 is 2.62 bits per heavy atom. The number of hydrogen-bond donors (Lipinski definition) is 2. The molecule has 0 atom stereocenters. The number of halogens is 2. The fourth-order valence-corrected chi connectivity index (χ4v) is 3.61. The van der Waals surface area contributed by atoms with Gasteiger partial charge in [0.1, 0.15) is 17.7 Å². The van der Waals surface area contributed by atoms with Gasteiger partial charge in [-0.25, -0.2) is 13.3 Å². The molecule has 174 valence electrons. The number of nitrogens with one attached hydrogen (secondary N) is 2. The van der Waals surface area contributed by atoms with Gasteiger partial charge in [-0.1, -0.05) is 26.0 Å². The Kier molecular flexibility index (Phi) is 6.78. The van der Waals surface area contributed by atoms with E-state index in [1.165, 1.54) is 42.7 Å². The number of aromatic nitrogens is 3. The molecule has 7 nitrogen and oxygen atoms in total. The number of benzene rings is 2. The molecule has 2 heterocycles. The van der Waals surface area contributed by atoms with Gasteiger partial charge in [-0.2, -0.15) is 10.1 Å². The molecule has 4 rings (SSSR count). The minimum absolute atomic E-state index is 0.00690. The van der Waals surface area contributed by atoms with Gasteiger partial charge in [-0.3, -0.25) is 4.79 Å². The summed E-state index contributed by atoms with van der Waals surface area (Å²) in [6.45, 7) is 4.07. The van der Waals surface area contributed by atoms with Crippen LogP contribution >= 0.6 is 12.2 Å². The average molecular weight is 482 g/mol. The van der Waals surface area contributed by atoms with E-state index in [1.54, 1.807) is 16.8 Å². The van der Waals surface area contributed by atoms with Crippen LogP contribution in [0.1, 0.15) is 30.9 Å². The van der Waals surface area contributed by atoms with Crippen molar-refractivity contribution in [1.29, 1.82) is 0 Å². The summed E-state index contributed by atoms with van der Waals surface area (Å²) in [4.78, 5) is 16.3. The number of rotatable bonds is 6. The van der Waals surface area contributed by atoms with Crippen LogP contribution in [0.4, 0.5) is 14.5 Å². The first-order valence-corrected chi connectivity index (χ1v) is 10.9. The number of carbonyl (C=O) groups is 1. The van der Waals surface area contributed by atoms with Crippen LogP contribution in [0, 0.1) is 11.6 Å². The molecule has 0 unspecified atom stereocenters. The van der Waals surface area contributed by atoms with Gasteiger partial charge in [-0.15, -0.1) is 0 Å². The maximum atomic E-state index is 14.8. The molecule has 34 heavy (non-hydrogen) atoms. The minimum Gasteiger partial charge on any atom is -0.434 e. The van der Waals surface area contributed by atoms with Crippen LogP contribution in [0.5, 0.6) is 11.6 Å². The monoisotopic (exact) mass is 481 g/mol. The fourth-order valence-electron chi connectivity index (χ4n) is 3.38. The summed E-state index contributed by atoms with van der Waals surface area (Å²) in [5.41, 5.74) is 2.62. The van der Waals surface area contributed by atoms with Crippen molar-refractivity contribution in [2.45, 2.75) is 26.2 Å². The molecule has 0 saturated heterocycles. The number of anilines is 1. The Labute approximate surface area is 199 Å². The van der Waals surface area contributed by atoms with E-state index in [0.29, 0.717) is 16.8 Å². The first-order chi connectivity index (χ1) is 16.3. The Hall–Kier alpha value is -3.92. The topological polar surface area (TPSA) is 80.6 Å². The third-order valence-corrected chi connectivity index (χ3v) is 5.20. The number of nitrogens with zero attached hydrogens (tertiary/aromatic N) is 3. The van der Waals surface area contributed by atoms with Gasteiger partial charge in [0.2, 0.25) is 11.8 Å². The van der Waals surface area contributed by atoms with E-state index < -0.39 is 5.82 Å². The quantitative estimate of drug-likeness (QED) is 0.378. The standard InChI is InChI=1S/C24H21F2N5O2S/c1-14(2)18-9-10-31-22(18)23(27-13-28-31)33-20-8-7-17(12-19(20)26)29-24(34)30-21(32)11-15-3-5-16(25)6-4-15/h3-10,12-14H,11H2,1-2H3,(H2,29,30,32,34). The van der Waals surface area contributed by atoms with Crippen molar-refractivity contribution in [3.63, 3.8) is 0 Å². The highest BCUT2D eigenvalue weighted by atomic mass is 32.1. The highest BCUT2D eigenvalue weighted by Crippen LogP contribution is 2.32. The van der Waals surface area contributed by atoms with Crippen molar-refractivity contribution in [3.8, 4) is 11.6 Å². The van der Waals surface area contributed by atoms with Crippen LogP contribution < -0.4 is 15.4 Å². The summed E-state index contributed by atoms with van der Waals surface area (Å²) in [5.74, 6) is -0.978. The molecular weight excluding hydrogens is 460 g/mol. The number of hydrogen-bond acceptors (Lipinski definition) is 5. The predicted octanol–water partition coefficient (Wildman–Crippen LogP) is 4.98. The molecule has 10 heteroatoms. The lowest BCUT2D eigenvalue weighted by atomic mass is 10.1. The second-order valence-corrected chi connectivity index (χ2v) is 8.25. The van der Waals surface area contributed by atoms with Crippen molar-refractivity contribution in [2.75, 3.05) is 5.32 Å². The van der Waals surface area contributed by atoms with E-state index in [0.717, 1.165) is 5.56 Å². The number of carbonyl (C=O) groups excluding carboxylic acids is 1. The van der Waals surface area contributed by atoms with Crippen LogP contribution in [-0.2, 0) is 11.2 Å². The lowest BCUT2D eigenvalue weighted by Gasteiger charge is -2.12. The molecular formula is C24H21F2N5O2S. The normalized spacial score (nSPS) is 11.0. The zero-order valence-electron chi connectivity index (χ0n) is 18.4. The van der Waals surface area contributed by atoms with Gasteiger partial charge in [0.05, 0.1) is 6.42 Å². The highest BCUT2D eigenvalue weighted by Gasteiger charge is 2.16. The molecule has 0 spiro atoms. The molecule has 0 aliphatic carbocycles. The molecule has 2 aromatic carbocycles. The van der Waals surface area contributed by atoms with Gasteiger partial charge in [0.25, 0.3) is 0 Å². The fraction of sp³-hybridized carbons (Fsp3) is 0.167. The number of thiocarbonyl (C=S) groups is 1. The molecule has 1 amide bonds. The van der Waals surface area contributed by atoms with Gasteiger partial charge < -0.3 is 15.4 Å². The van der Waals surface area contributed by atoms with Gasteiger partial charge >= 0.3 is 0 Å². The van der Waals surface area contributed by atoms with Crippen LogP contribution in [0.3, 0.4) is 0 Å². The lowest BCUT2D eigenvalue weighted by molar-refractivity contribution is -0.119. The highest BCUT2D eigenvalue weighted by molar-refractivity contribution is 7.80. The molecule has 4 aromatic rings. The summed E-state index contributed by atoms with van der Waals surface area (Å²) < 4.78 is 35.2. The SMILES string of the molecule is CC(C)c1ccn2ncnc(Oc3ccc(NC(=S)NC(=O)Cc4ccc(F)cc4)cc3F)c12. The molecule has 0 fully saturated rings. The largest absolute Gasteiger partial charge is 0.434 e. The smallest absolute Gasteiger partial charge is 0.247 e. The molecule has 2 N–H and O–H groups in total. The molecule has 0 radical (unpaired) electrons. The second-order valence-electron chi connectivity index (χ2n) is 7.84. The van der Waals surface area contributed by atoms with Gasteiger partial charge in [0.15, 0.2) is 16.7 Å². The zero-order valence-corrected chi connectivity index (χ0v) is 19.2. The van der Waals surface area contributed by atoms with Crippen molar-refractivity contribution in [1.82, 2.24) is 19.9 Å².